The predicted octanol–water partition coefficient (Wildman–Crippen LogP) is 1.89. The molecule has 3 rings (SSSR count). The number of nitrogens with zero attached hydrogens (tertiary/aromatic N) is 1. The molecule has 0 unspecified atom stereocenters. The zero-order valence-electron chi connectivity index (χ0n) is 11.9. The fraction of sp³-hybridized carbons (Fsp3) is 0.0667. The van der Waals surface area contributed by atoms with Crippen molar-refractivity contribution in [1.29, 1.82) is 0 Å². The van der Waals surface area contributed by atoms with E-state index in [-0.39, 0.29) is 14.3 Å². The van der Waals surface area contributed by atoms with Crippen LogP contribution < -0.4 is 11.2 Å². The molecule has 0 radical (unpaired) electrons. The first-order valence-corrected chi connectivity index (χ1v) is 8.40. The molecule has 0 spiro atoms. The second-order valence-electron chi connectivity index (χ2n) is 4.96. The summed E-state index contributed by atoms with van der Waals surface area (Å²) in [7, 11) is -4.32. The average molecular weight is 351 g/mol. The highest BCUT2D eigenvalue weighted by molar-refractivity contribution is 7.90. The third-order valence-electron chi connectivity index (χ3n) is 3.45. The van der Waals surface area contributed by atoms with Crippen molar-refractivity contribution in [3.05, 3.63) is 73.9 Å². The Bertz CT molecular complexity index is 1130. The quantitative estimate of drug-likeness (QED) is 0.764. The van der Waals surface area contributed by atoms with E-state index < -0.39 is 21.3 Å². The van der Waals surface area contributed by atoms with Gasteiger partial charge in [-0.25, -0.2) is 13.2 Å². The van der Waals surface area contributed by atoms with E-state index in [1.807, 2.05) is 0 Å². The van der Waals surface area contributed by atoms with Gasteiger partial charge in [0.05, 0.1) is 15.8 Å². The summed E-state index contributed by atoms with van der Waals surface area (Å²) in [5.41, 5.74) is -1.02. The van der Waals surface area contributed by atoms with Crippen molar-refractivity contribution in [2.24, 2.45) is 0 Å². The Balaban J connectivity index is 2.41. The number of benzene rings is 2. The molecule has 1 N–H and O–H groups in total. The van der Waals surface area contributed by atoms with Gasteiger partial charge in [-0.3, -0.25) is 4.79 Å². The van der Waals surface area contributed by atoms with Crippen LogP contribution in [0.3, 0.4) is 0 Å². The van der Waals surface area contributed by atoms with Gasteiger partial charge in [-0.15, -0.1) is 3.97 Å². The van der Waals surface area contributed by atoms with Crippen LogP contribution in [0.5, 0.6) is 0 Å². The van der Waals surface area contributed by atoms with E-state index in [0.29, 0.717) is 16.1 Å². The summed E-state index contributed by atoms with van der Waals surface area (Å²) in [5.74, 6) is 0. The number of hydrogen-bond donors (Lipinski definition) is 1. The van der Waals surface area contributed by atoms with Crippen LogP contribution in [-0.2, 0) is 10.0 Å². The molecule has 0 bridgehead atoms. The van der Waals surface area contributed by atoms with E-state index in [0.717, 1.165) is 0 Å². The smallest absolute Gasteiger partial charge is 0.306 e. The van der Waals surface area contributed by atoms with E-state index in [9.17, 15) is 18.0 Å². The lowest BCUT2D eigenvalue weighted by Crippen LogP contribution is -2.40. The number of rotatable bonds is 2. The highest BCUT2D eigenvalue weighted by Gasteiger charge is 2.23. The van der Waals surface area contributed by atoms with Gasteiger partial charge in [-0.05, 0) is 42.8 Å². The summed E-state index contributed by atoms with van der Waals surface area (Å²) >= 11 is 5.74. The average Bonchev–Trinajstić information content (AvgIpc) is 2.47. The second kappa shape index (κ2) is 5.36. The molecule has 0 atom stereocenters. The van der Waals surface area contributed by atoms with Crippen LogP contribution in [0.1, 0.15) is 5.56 Å². The van der Waals surface area contributed by atoms with Crippen LogP contribution in [-0.4, -0.2) is 17.4 Å². The van der Waals surface area contributed by atoms with Crippen LogP contribution in [0, 0.1) is 6.92 Å². The minimum Gasteiger partial charge on any atom is -0.306 e. The van der Waals surface area contributed by atoms with Gasteiger partial charge in [0.2, 0.25) is 0 Å². The summed E-state index contributed by atoms with van der Waals surface area (Å²) in [4.78, 5) is 27.0. The molecular weight excluding hydrogens is 340 g/mol. The van der Waals surface area contributed by atoms with Crippen molar-refractivity contribution in [1.82, 2.24) is 8.96 Å². The summed E-state index contributed by atoms with van der Waals surface area (Å²) in [6.07, 6.45) is 0. The molecule has 8 heteroatoms. The Morgan fingerprint density at radius 3 is 2.35 bits per heavy atom. The maximum atomic E-state index is 12.6. The monoisotopic (exact) mass is 350 g/mol. The van der Waals surface area contributed by atoms with E-state index in [4.69, 9.17) is 11.6 Å². The van der Waals surface area contributed by atoms with E-state index >= 15 is 0 Å². The SMILES string of the molecule is Cc1cccc2[nH]c(=O)n(S(=O)(=O)c3ccc(Cl)cc3)c(=O)c12. The van der Waals surface area contributed by atoms with E-state index in [1.54, 1.807) is 25.1 Å². The lowest BCUT2D eigenvalue weighted by Gasteiger charge is -2.09. The Hall–Kier alpha value is -2.38. The molecule has 0 amide bonds. The molecule has 118 valence electrons. The van der Waals surface area contributed by atoms with Gasteiger partial charge in [-0.1, -0.05) is 23.7 Å². The molecule has 2 aromatic carbocycles. The lowest BCUT2D eigenvalue weighted by molar-refractivity contribution is 0.582. The molecule has 3 aromatic rings. The zero-order chi connectivity index (χ0) is 16.8. The molecule has 1 aromatic heterocycles. The number of nitrogens with one attached hydrogen (secondary N) is 1. The number of H-pyrrole nitrogens is 1. The van der Waals surface area contributed by atoms with Crippen LogP contribution in [0.2, 0.25) is 5.02 Å². The van der Waals surface area contributed by atoms with Crippen molar-refractivity contribution < 1.29 is 8.42 Å². The number of aromatic amines is 1. The third kappa shape index (κ3) is 2.47. The second-order valence-corrected chi connectivity index (χ2v) is 7.18. The van der Waals surface area contributed by atoms with Crippen molar-refractivity contribution in [3.8, 4) is 0 Å². The summed E-state index contributed by atoms with van der Waals surface area (Å²) < 4.78 is 25.5. The fourth-order valence-corrected chi connectivity index (χ4v) is 3.74. The molecule has 0 aliphatic rings. The minimum absolute atomic E-state index is 0.157. The third-order valence-corrected chi connectivity index (χ3v) is 5.38. The Kier molecular flexibility index (Phi) is 3.62. The summed E-state index contributed by atoms with van der Waals surface area (Å²) in [6, 6.07) is 10.1. The highest BCUT2D eigenvalue weighted by Crippen LogP contribution is 2.16. The highest BCUT2D eigenvalue weighted by atomic mass is 35.5. The molecule has 6 nitrogen and oxygen atoms in total. The predicted molar refractivity (Wildman–Crippen MR) is 87.6 cm³/mol. The maximum absolute atomic E-state index is 12.6. The van der Waals surface area contributed by atoms with Gasteiger partial charge in [-0.2, -0.15) is 0 Å². The Morgan fingerprint density at radius 2 is 1.70 bits per heavy atom. The van der Waals surface area contributed by atoms with Crippen LogP contribution in [0.4, 0.5) is 0 Å². The first-order chi connectivity index (χ1) is 10.8. The maximum Gasteiger partial charge on any atom is 0.343 e. The van der Waals surface area contributed by atoms with Gasteiger partial charge < -0.3 is 4.98 Å². The molecule has 0 aliphatic carbocycles. The van der Waals surface area contributed by atoms with Crippen molar-refractivity contribution in [2.75, 3.05) is 0 Å². The minimum atomic E-state index is -4.32. The molecule has 0 saturated carbocycles. The molecule has 0 fully saturated rings. The number of halogens is 1. The van der Waals surface area contributed by atoms with Crippen molar-refractivity contribution >= 4 is 32.5 Å². The molecule has 0 saturated heterocycles. The largest absolute Gasteiger partial charge is 0.343 e. The van der Waals surface area contributed by atoms with Gasteiger partial charge in [0.15, 0.2) is 0 Å². The Morgan fingerprint density at radius 1 is 1.04 bits per heavy atom. The fourth-order valence-electron chi connectivity index (χ4n) is 2.35. The van der Waals surface area contributed by atoms with Crippen molar-refractivity contribution in [2.45, 2.75) is 11.8 Å². The number of fused-ring (bicyclic) bond motifs is 1. The van der Waals surface area contributed by atoms with Gasteiger partial charge in [0.1, 0.15) is 0 Å². The summed E-state index contributed by atoms with van der Waals surface area (Å²) in [6.45, 7) is 1.67. The zero-order valence-corrected chi connectivity index (χ0v) is 13.5. The van der Waals surface area contributed by atoms with E-state index in [1.165, 1.54) is 24.3 Å². The lowest BCUT2D eigenvalue weighted by atomic mass is 10.1. The van der Waals surface area contributed by atoms with Gasteiger partial charge in [0, 0.05) is 5.02 Å². The first kappa shape index (κ1) is 15.5. The molecule has 23 heavy (non-hydrogen) atoms. The number of hydrogen-bond acceptors (Lipinski definition) is 4. The number of aryl methyl sites for hydroxylation is 1. The molecule has 0 aliphatic heterocycles. The van der Waals surface area contributed by atoms with Crippen LogP contribution in [0.25, 0.3) is 10.9 Å². The van der Waals surface area contributed by atoms with Crippen LogP contribution in [0.15, 0.2) is 56.9 Å². The van der Waals surface area contributed by atoms with Crippen molar-refractivity contribution in [3.63, 3.8) is 0 Å². The number of aromatic nitrogens is 2. The topological polar surface area (TPSA) is 89.0 Å². The summed E-state index contributed by atoms with van der Waals surface area (Å²) in [5, 5.41) is 0.504. The standard InChI is InChI=1S/C15H11ClN2O4S/c1-9-3-2-4-12-13(9)14(19)18(15(20)17-12)23(21,22)11-7-5-10(16)6-8-11/h2-8H,1H3,(H,17,20). The van der Waals surface area contributed by atoms with Crippen LogP contribution >= 0.6 is 11.6 Å². The molecular formula is C15H11ClN2O4S. The van der Waals surface area contributed by atoms with Gasteiger partial charge in [0.25, 0.3) is 15.6 Å². The van der Waals surface area contributed by atoms with Gasteiger partial charge >= 0.3 is 5.69 Å². The van der Waals surface area contributed by atoms with E-state index in [2.05, 4.69) is 4.98 Å². The Labute approximate surface area is 136 Å². The molecule has 1 heterocycles. The first-order valence-electron chi connectivity index (χ1n) is 6.58. The normalized spacial score (nSPS) is 11.7.